The molecule has 0 aromatic heterocycles. The Labute approximate surface area is 110 Å². The topological polar surface area (TPSA) is 9.23 Å². The van der Waals surface area contributed by atoms with Crippen LogP contribution in [0.4, 0.5) is 0 Å². The Bertz CT molecular complexity index is 498. The SMILES string of the molecule is CCC(CC)(CC)Oc1cccc2ccccc12. The van der Waals surface area contributed by atoms with Crippen molar-refractivity contribution in [2.75, 3.05) is 0 Å². The Hall–Kier alpha value is -1.50. The van der Waals surface area contributed by atoms with Gasteiger partial charge < -0.3 is 4.74 Å². The van der Waals surface area contributed by atoms with E-state index in [2.05, 4.69) is 63.2 Å². The van der Waals surface area contributed by atoms with E-state index in [0.29, 0.717) is 0 Å². The summed E-state index contributed by atoms with van der Waals surface area (Å²) in [7, 11) is 0. The Balaban J connectivity index is 2.42. The average Bonchev–Trinajstić information content (AvgIpc) is 2.45. The Morgan fingerprint density at radius 1 is 0.833 bits per heavy atom. The number of rotatable bonds is 5. The molecule has 0 spiro atoms. The summed E-state index contributed by atoms with van der Waals surface area (Å²) in [5.41, 5.74) is -0.0237. The number of benzene rings is 2. The van der Waals surface area contributed by atoms with Crippen LogP contribution in [0.5, 0.6) is 5.75 Å². The van der Waals surface area contributed by atoms with Crippen molar-refractivity contribution in [3.63, 3.8) is 0 Å². The molecule has 0 saturated carbocycles. The van der Waals surface area contributed by atoms with Gasteiger partial charge in [-0.15, -0.1) is 0 Å². The molecule has 2 aromatic carbocycles. The van der Waals surface area contributed by atoms with E-state index < -0.39 is 0 Å². The molecule has 0 radical (unpaired) electrons. The van der Waals surface area contributed by atoms with Crippen LogP contribution in [0, 0.1) is 0 Å². The van der Waals surface area contributed by atoms with E-state index in [-0.39, 0.29) is 5.60 Å². The highest BCUT2D eigenvalue weighted by atomic mass is 16.5. The largest absolute Gasteiger partial charge is 0.487 e. The minimum absolute atomic E-state index is 0.0237. The third kappa shape index (κ3) is 2.35. The van der Waals surface area contributed by atoms with Crippen molar-refractivity contribution in [2.45, 2.75) is 45.6 Å². The van der Waals surface area contributed by atoms with Gasteiger partial charge in [-0.2, -0.15) is 0 Å². The fourth-order valence-corrected chi connectivity index (χ4v) is 2.48. The molecule has 0 aliphatic heterocycles. The number of hydrogen-bond donors (Lipinski definition) is 0. The van der Waals surface area contributed by atoms with Gasteiger partial charge in [0.1, 0.15) is 11.4 Å². The van der Waals surface area contributed by atoms with Gasteiger partial charge in [-0.1, -0.05) is 57.2 Å². The smallest absolute Gasteiger partial charge is 0.127 e. The summed E-state index contributed by atoms with van der Waals surface area (Å²) in [6.07, 6.45) is 3.13. The van der Waals surface area contributed by atoms with Gasteiger partial charge >= 0.3 is 0 Å². The fraction of sp³-hybridized carbons (Fsp3) is 0.412. The van der Waals surface area contributed by atoms with Crippen LogP contribution >= 0.6 is 0 Å². The van der Waals surface area contributed by atoms with Gasteiger partial charge in [0, 0.05) is 5.39 Å². The predicted octanol–water partition coefficient (Wildman–Crippen LogP) is 5.19. The van der Waals surface area contributed by atoms with Crippen molar-refractivity contribution in [2.24, 2.45) is 0 Å². The molecule has 2 rings (SSSR count). The maximum absolute atomic E-state index is 6.36. The molecule has 1 heteroatoms. The molecule has 0 atom stereocenters. The molecule has 0 unspecified atom stereocenters. The van der Waals surface area contributed by atoms with E-state index in [0.717, 1.165) is 25.0 Å². The van der Waals surface area contributed by atoms with Crippen molar-refractivity contribution < 1.29 is 4.74 Å². The summed E-state index contributed by atoms with van der Waals surface area (Å²) in [5.74, 6) is 1.01. The molecule has 0 aliphatic carbocycles. The van der Waals surface area contributed by atoms with Gasteiger partial charge in [0.2, 0.25) is 0 Å². The first-order valence-electron chi connectivity index (χ1n) is 6.91. The fourth-order valence-electron chi connectivity index (χ4n) is 2.48. The zero-order valence-electron chi connectivity index (χ0n) is 11.6. The molecule has 0 fully saturated rings. The van der Waals surface area contributed by atoms with Gasteiger partial charge in [0.15, 0.2) is 0 Å². The molecule has 96 valence electrons. The van der Waals surface area contributed by atoms with Gasteiger partial charge in [-0.25, -0.2) is 0 Å². The van der Waals surface area contributed by atoms with E-state index in [1.807, 2.05) is 0 Å². The van der Waals surface area contributed by atoms with Crippen molar-refractivity contribution in [3.05, 3.63) is 42.5 Å². The van der Waals surface area contributed by atoms with E-state index in [1.54, 1.807) is 0 Å². The minimum atomic E-state index is -0.0237. The summed E-state index contributed by atoms with van der Waals surface area (Å²) < 4.78 is 6.36. The molecular weight excluding hydrogens is 220 g/mol. The maximum Gasteiger partial charge on any atom is 0.127 e. The monoisotopic (exact) mass is 242 g/mol. The number of fused-ring (bicyclic) bond motifs is 1. The third-order valence-electron chi connectivity index (χ3n) is 4.01. The first-order valence-corrected chi connectivity index (χ1v) is 6.91. The van der Waals surface area contributed by atoms with Crippen LogP contribution < -0.4 is 4.74 Å². The summed E-state index contributed by atoms with van der Waals surface area (Å²) in [6, 6.07) is 14.7. The lowest BCUT2D eigenvalue weighted by molar-refractivity contribution is 0.0578. The Morgan fingerprint density at radius 2 is 1.44 bits per heavy atom. The Kier molecular flexibility index (Phi) is 3.90. The van der Waals surface area contributed by atoms with Crippen LogP contribution in [0.15, 0.2) is 42.5 Å². The first kappa shape index (κ1) is 12.9. The van der Waals surface area contributed by atoms with Crippen LogP contribution in [0.25, 0.3) is 10.8 Å². The molecule has 0 saturated heterocycles. The van der Waals surface area contributed by atoms with Gasteiger partial charge in [0.25, 0.3) is 0 Å². The van der Waals surface area contributed by atoms with Crippen LogP contribution in [-0.2, 0) is 0 Å². The second kappa shape index (κ2) is 5.43. The minimum Gasteiger partial charge on any atom is -0.487 e. The predicted molar refractivity (Wildman–Crippen MR) is 78.2 cm³/mol. The molecule has 0 N–H and O–H groups in total. The lowest BCUT2D eigenvalue weighted by Gasteiger charge is -2.32. The van der Waals surface area contributed by atoms with Gasteiger partial charge in [-0.05, 0) is 30.7 Å². The summed E-state index contributed by atoms with van der Waals surface area (Å²) in [5, 5.41) is 2.45. The standard InChI is InChI=1S/C17H22O/c1-4-17(5-2,6-3)18-16-13-9-11-14-10-7-8-12-15(14)16/h7-13H,4-6H2,1-3H3. The second-order valence-electron chi connectivity index (χ2n) is 4.82. The van der Waals surface area contributed by atoms with E-state index >= 15 is 0 Å². The van der Waals surface area contributed by atoms with E-state index in [4.69, 9.17) is 4.74 Å². The molecule has 0 amide bonds. The lowest BCUT2D eigenvalue weighted by Crippen LogP contribution is -2.33. The molecule has 0 heterocycles. The molecule has 1 nitrogen and oxygen atoms in total. The normalized spacial score (nSPS) is 11.7. The number of ether oxygens (including phenoxy) is 1. The highest BCUT2D eigenvalue weighted by Gasteiger charge is 2.26. The second-order valence-corrected chi connectivity index (χ2v) is 4.82. The van der Waals surface area contributed by atoms with Crippen molar-refractivity contribution >= 4 is 10.8 Å². The van der Waals surface area contributed by atoms with Crippen molar-refractivity contribution in [3.8, 4) is 5.75 Å². The highest BCUT2D eigenvalue weighted by Crippen LogP contribution is 2.32. The summed E-state index contributed by atoms with van der Waals surface area (Å²) in [6.45, 7) is 6.62. The zero-order valence-corrected chi connectivity index (χ0v) is 11.6. The van der Waals surface area contributed by atoms with Gasteiger partial charge in [-0.3, -0.25) is 0 Å². The quantitative estimate of drug-likeness (QED) is 0.701. The van der Waals surface area contributed by atoms with Crippen LogP contribution in [0.3, 0.4) is 0 Å². The van der Waals surface area contributed by atoms with Crippen LogP contribution in [0.1, 0.15) is 40.0 Å². The summed E-state index contributed by atoms with van der Waals surface area (Å²) >= 11 is 0. The van der Waals surface area contributed by atoms with Gasteiger partial charge in [0.05, 0.1) is 0 Å². The number of hydrogen-bond acceptors (Lipinski definition) is 1. The summed E-state index contributed by atoms with van der Waals surface area (Å²) in [4.78, 5) is 0. The van der Waals surface area contributed by atoms with Crippen LogP contribution in [-0.4, -0.2) is 5.60 Å². The molecule has 0 bridgehead atoms. The molecular formula is C17H22O. The molecule has 2 aromatic rings. The van der Waals surface area contributed by atoms with E-state index in [1.165, 1.54) is 10.8 Å². The lowest BCUT2D eigenvalue weighted by atomic mass is 9.94. The van der Waals surface area contributed by atoms with E-state index in [9.17, 15) is 0 Å². The first-order chi connectivity index (χ1) is 8.74. The van der Waals surface area contributed by atoms with Crippen molar-refractivity contribution in [1.82, 2.24) is 0 Å². The third-order valence-corrected chi connectivity index (χ3v) is 4.01. The molecule has 0 aliphatic rings. The highest BCUT2D eigenvalue weighted by molar-refractivity contribution is 5.88. The van der Waals surface area contributed by atoms with Crippen molar-refractivity contribution in [1.29, 1.82) is 0 Å². The molecule has 18 heavy (non-hydrogen) atoms. The Morgan fingerprint density at radius 3 is 2.11 bits per heavy atom. The maximum atomic E-state index is 6.36. The van der Waals surface area contributed by atoms with Crippen LogP contribution in [0.2, 0.25) is 0 Å². The average molecular weight is 242 g/mol. The zero-order chi connectivity index (χ0) is 13.0.